The van der Waals surface area contributed by atoms with Gasteiger partial charge in [0.1, 0.15) is 5.82 Å². The maximum atomic E-state index is 13.7. The number of hydrogen-bond acceptors (Lipinski definition) is 7. The fourth-order valence-electron chi connectivity index (χ4n) is 5.08. The van der Waals surface area contributed by atoms with Crippen molar-refractivity contribution in [1.29, 1.82) is 0 Å². The summed E-state index contributed by atoms with van der Waals surface area (Å²) in [6, 6.07) is 18.3. The van der Waals surface area contributed by atoms with Crippen molar-refractivity contribution >= 4 is 31.6 Å². The number of fused-ring (bicyclic) bond motifs is 1. The number of nitrogens with one attached hydrogen (secondary N) is 2. The standard InChI is InChI=1S/C32H40F2IN3O4/c1-39-17-3-15-38-16-19-41-31-11-4-24(20-30(31)38)22-42-35-23-36-14-12-29(35)25-5-8-27(9-6-25)37-13-2-18-40-32-21-26(33)7-10-28(32)34/h4-11,20-21,29,36-37H,2-3,12-19,22-23H2,1H3/t29-/m1/s1. The number of methoxy groups -OCH3 is 1. The van der Waals surface area contributed by atoms with Crippen molar-refractivity contribution in [3.63, 3.8) is 0 Å². The molecule has 7 nitrogen and oxygen atoms in total. The van der Waals surface area contributed by atoms with E-state index in [0.717, 1.165) is 79.0 Å². The third-order valence-corrected chi connectivity index (χ3v) is 12.7. The average Bonchev–Trinajstić information content (AvgIpc) is 3.02. The summed E-state index contributed by atoms with van der Waals surface area (Å²) in [5.74, 6) is -0.172. The number of ether oxygens (including phenoxy) is 3. The second-order valence-corrected chi connectivity index (χ2v) is 15.2. The molecule has 0 unspecified atom stereocenters. The first-order chi connectivity index (χ1) is 20.6. The molecule has 2 heterocycles. The third-order valence-electron chi connectivity index (χ3n) is 7.29. The van der Waals surface area contributed by atoms with Gasteiger partial charge in [-0.1, -0.05) is 0 Å². The molecule has 42 heavy (non-hydrogen) atoms. The van der Waals surface area contributed by atoms with Crippen LogP contribution in [0.15, 0.2) is 60.7 Å². The molecule has 0 aliphatic carbocycles. The van der Waals surface area contributed by atoms with E-state index in [4.69, 9.17) is 17.3 Å². The summed E-state index contributed by atoms with van der Waals surface area (Å²) in [5, 5.41) is 6.95. The van der Waals surface area contributed by atoms with E-state index in [9.17, 15) is 8.78 Å². The van der Waals surface area contributed by atoms with Gasteiger partial charge in [-0.25, -0.2) is 8.78 Å². The third kappa shape index (κ3) is 8.46. The second kappa shape index (κ2) is 15.7. The zero-order valence-electron chi connectivity index (χ0n) is 24.1. The Bertz CT molecular complexity index is 1280. The minimum absolute atomic E-state index is 0.0524. The van der Waals surface area contributed by atoms with E-state index in [-0.39, 0.29) is 5.75 Å². The molecule has 0 spiro atoms. The molecule has 0 amide bonds. The fraction of sp³-hybridized carbons (Fsp3) is 0.438. The average molecular weight is 696 g/mol. The molecule has 1 atom stereocenters. The topological polar surface area (TPSA) is 64.2 Å². The predicted octanol–water partition coefficient (Wildman–Crippen LogP) is 6.71. The Labute approximate surface area is 254 Å². The maximum absolute atomic E-state index is 13.7. The Morgan fingerprint density at radius 3 is 2.79 bits per heavy atom. The van der Waals surface area contributed by atoms with E-state index in [1.165, 1.54) is 11.1 Å². The normalized spacial score (nSPS) is 17.5. The van der Waals surface area contributed by atoms with Gasteiger partial charge < -0.3 is 0 Å². The van der Waals surface area contributed by atoms with Gasteiger partial charge >= 0.3 is 229 Å². The van der Waals surface area contributed by atoms with Gasteiger partial charge in [-0.15, -0.1) is 0 Å². The van der Waals surface area contributed by atoms with Crippen LogP contribution in [0.4, 0.5) is 20.2 Å². The first kappa shape index (κ1) is 30.8. The Morgan fingerprint density at radius 1 is 1.05 bits per heavy atom. The summed E-state index contributed by atoms with van der Waals surface area (Å²) in [4.78, 5) is 2.39. The van der Waals surface area contributed by atoms with E-state index >= 15 is 0 Å². The number of hydrogen-bond donors (Lipinski definition) is 2. The van der Waals surface area contributed by atoms with Gasteiger partial charge in [0.25, 0.3) is 0 Å². The van der Waals surface area contributed by atoms with Crippen molar-refractivity contribution in [2.24, 2.45) is 0 Å². The molecule has 0 aromatic heterocycles. The molecule has 0 saturated carbocycles. The molecular formula is C32H40F2IN3O4. The molecule has 2 N–H and O–H groups in total. The number of benzene rings is 3. The number of alkyl halides is 2. The van der Waals surface area contributed by atoms with Gasteiger partial charge in [0, 0.05) is 0 Å². The van der Waals surface area contributed by atoms with Crippen LogP contribution in [0.5, 0.6) is 11.5 Å². The van der Waals surface area contributed by atoms with Gasteiger partial charge in [0.05, 0.1) is 0 Å². The minimum atomic E-state index is -1.77. The molecule has 10 heteroatoms. The van der Waals surface area contributed by atoms with Gasteiger partial charge in [-0.2, -0.15) is 0 Å². The van der Waals surface area contributed by atoms with Crippen LogP contribution < -0.4 is 25.0 Å². The first-order valence-corrected chi connectivity index (χ1v) is 18.2. The van der Waals surface area contributed by atoms with E-state index in [1.54, 1.807) is 7.11 Å². The summed E-state index contributed by atoms with van der Waals surface area (Å²) in [7, 11) is 1.74. The SMILES string of the molecule is COCCCN1CCOc2ccc(COI3CNCC[C@@H]3c3ccc(NCCCOc4cc(F)ccc4F)cc3)cc21. The zero-order valence-corrected chi connectivity index (χ0v) is 26.2. The van der Waals surface area contributed by atoms with Crippen molar-refractivity contribution in [3.8, 4) is 11.5 Å². The summed E-state index contributed by atoms with van der Waals surface area (Å²) in [6.07, 6.45) is 2.73. The van der Waals surface area contributed by atoms with Crippen LogP contribution in [-0.2, 0) is 14.4 Å². The van der Waals surface area contributed by atoms with Crippen molar-refractivity contribution in [2.45, 2.75) is 29.8 Å². The molecule has 0 radical (unpaired) electrons. The summed E-state index contributed by atoms with van der Waals surface area (Å²) in [6.45, 7) is 5.88. The van der Waals surface area contributed by atoms with Crippen LogP contribution in [-0.4, -0.2) is 57.7 Å². The van der Waals surface area contributed by atoms with E-state index in [2.05, 4.69) is 58.0 Å². The predicted molar refractivity (Wildman–Crippen MR) is 171 cm³/mol. The van der Waals surface area contributed by atoms with Crippen molar-refractivity contribution in [2.75, 3.05) is 67.9 Å². The Hall–Kier alpha value is -2.67. The fourth-order valence-corrected chi connectivity index (χ4v) is 10.2. The van der Waals surface area contributed by atoms with Crippen LogP contribution in [0.25, 0.3) is 0 Å². The molecule has 1 saturated heterocycles. The zero-order chi connectivity index (χ0) is 29.1. The quantitative estimate of drug-likeness (QED) is 0.0842. The summed E-state index contributed by atoms with van der Waals surface area (Å²) >= 11 is -1.77. The van der Waals surface area contributed by atoms with Crippen LogP contribution in [0, 0.1) is 11.6 Å². The summed E-state index contributed by atoms with van der Waals surface area (Å²) < 4.78 is 51.6. The number of halogens is 3. The van der Waals surface area contributed by atoms with Crippen LogP contribution in [0.2, 0.25) is 0 Å². The van der Waals surface area contributed by atoms with Crippen LogP contribution >= 0.6 is 20.2 Å². The van der Waals surface area contributed by atoms with Gasteiger partial charge in [-0.3, -0.25) is 0 Å². The molecule has 228 valence electrons. The second-order valence-electron chi connectivity index (χ2n) is 10.3. The molecule has 3 aromatic carbocycles. The van der Waals surface area contributed by atoms with E-state index in [0.29, 0.717) is 36.7 Å². The number of nitrogens with zero attached hydrogens (tertiary/aromatic N) is 1. The van der Waals surface area contributed by atoms with Gasteiger partial charge in [-0.05, 0) is 12.1 Å². The number of anilines is 2. The number of rotatable bonds is 14. The molecule has 2 aliphatic heterocycles. The Balaban J connectivity index is 1.11. The molecular weight excluding hydrogens is 655 g/mol. The first-order valence-electron chi connectivity index (χ1n) is 14.5. The Kier molecular flexibility index (Phi) is 11.5. The van der Waals surface area contributed by atoms with Gasteiger partial charge in [0.2, 0.25) is 0 Å². The molecule has 3 aromatic rings. The monoisotopic (exact) mass is 695 g/mol. The summed E-state index contributed by atoms with van der Waals surface area (Å²) in [5.41, 5.74) is 4.69. The van der Waals surface area contributed by atoms with Crippen molar-refractivity contribution < 1.29 is 26.1 Å². The van der Waals surface area contributed by atoms with Crippen LogP contribution in [0.3, 0.4) is 0 Å². The molecule has 2 aliphatic rings. The Morgan fingerprint density at radius 2 is 1.93 bits per heavy atom. The van der Waals surface area contributed by atoms with Gasteiger partial charge in [0.15, 0.2) is 0 Å². The van der Waals surface area contributed by atoms with Crippen molar-refractivity contribution in [1.82, 2.24) is 5.32 Å². The molecule has 5 rings (SSSR count). The molecule has 1 fully saturated rings. The van der Waals surface area contributed by atoms with Crippen molar-refractivity contribution in [3.05, 3.63) is 83.4 Å². The van der Waals surface area contributed by atoms with E-state index in [1.807, 2.05) is 0 Å². The molecule has 0 bridgehead atoms. The van der Waals surface area contributed by atoms with E-state index < -0.39 is 31.9 Å². The van der Waals surface area contributed by atoms with Crippen LogP contribution in [0.1, 0.15) is 34.3 Å².